The fourth-order valence-electron chi connectivity index (χ4n) is 3.37. The Morgan fingerprint density at radius 3 is 2.63 bits per heavy atom. The van der Waals surface area contributed by atoms with Crippen molar-refractivity contribution in [3.8, 4) is 11.5 Å². The van der Waals surface area contributed by atoms with E-state index in [1.165, 1.54) is 11.2 Å². The van der Waals surface area contributed by atoms with Gasteiger partial charge in [0.1, 0.15) is 0 Å². The predicted molar refractivity (Wildman–Crippen MR) is 99.6 cm³/mol. The Hall–Kier alpha value is -2.13. The summed E-state index contributed by atoms with van der Waals surface area (Å²) < 4.78 is 36.6. The van der Waals surface area contributed by atoms with Gasteiger partial charge in [-0.2, -0.15) is 0 Å². The molecule has 0 spiro atoms. The Labute approximate surface area is 158 Å². The minimum atomic E-state index is -3.34. The number of anilines is 1. The van der Waals surface area contributed by atoms with Crippen LogP contribution < -0.4 is 14.8 Å². The van der Waals surface area contributed by atoms with Crippen molar-refractivity contribution in [2.75, 3.05) is 31.0 Å². The molecule has 3 rings (SSSR count). The summed E-state index contributed by atoms with van der Waals surface area (Å²) in [5.41, 5.74) is 0.684. The van der Waals surface area contributed by atoms with Crippen LogP contribution in [0.1, 0.15) is 43.5 Å². The molecule has 1 N–H and O–H groups in total. The Morgan fingerprint density at radius 2 is 1.96 bits per heavy atom. The fourth-order valence-corrected chi connectivity index (χ4v) is 4.96. The zero-order valence-electron chi connectivity index (χ0n) is 15.5. The summed E-state index contributed by atoms with van der Waals surface area (Å²) in [7, 11) is -3.34. The first-order chi connectivity index (χ1) is 12.8. The quantitative estimate of drug-likeness (QED) is 0.738. The number of benzene rings is 1. The lowest BCUT2D eigenvalue weighted by atomic mass is 9.98. The molecule has 1 saturated heterocycles. The summed E-state index contributed by atoms with van der Waals surface area (Å²) in [6.45, 7) is 3.89. The topological polar surface area (TPSA) is 102 Å². The molecule has 0 aliphatic carbocycles. The monoisotopic (exact) mass is 396 g/mol. The van der Waals surface area contributed by atoms with E-state index in [1.807, 2.05) is 6.92 Å². The number of fused-ring (bicyclic) bond motifs is 1. The van der Waals surface area contributed by atoms with E-state index in [0.29, 0.717) is 48.6 Å². The van der Waals surface area contributed by atoms with Gasteiger partial charge in [0.15, 0.2) is 17.3 Å². The Balaban J connectivity index is 1.76. The van der Waals surface area contributed by atoms with Gasteiger partial charge in [-0.25, -0.2) is 12.7 Å². The number of rotatable bonds is 6. The average molecular weight is 396 g/mol. The molecule has 0 bridgehead atoms. The molecule has 9 heteroatoms. The van der Waals surface area contributed by atoms with Crippen LogP contribution in [0, 0.1) is 5.92 Å². The molecular formula is C18H24N2O6S. The van der Waals surface area contributed by atoms with Gasteiger partial charge in [0.2, 0.25) is 22.7 Å². The summed E-state index contributed by atoms with van der Waals surface area (Å²) >= 11 is 0. The van der Waals surface area contributed by atoms with Gasteiger partial charge in [-0.05, 0) is 32.3 Å². The maximum atomic E-state index is 12.8. The van der Waals surface area contributed by atoms with E-state index < -0.39 is 15.9 Å². The van der Waals surface area contributed by atoms with E-state index in [4.69, 9.17) is 9.47 Å². The second kappa shape index (κ2) is 7.85. The van der Waals surface area contributed by atoms with Gasteiger partial charge in [0.05, 0.1) is 17.4 Å². The molecule has 2 heterocycles. The number of ketones is 1. The number of carbonyl (C=O) groups is 2. The van der Waals surface area contributed by atoms with Crippen molar-refractivity contribution in [2.24, 2.45) is 5.92 Å². The van der Waals surface area contributed by atoms with Crippen molar-refractivity contribution < 1.29 is 27.5 Å². The van der Waals surface area contributed by atoms with Crippen LogP contribution in [0.5, 0.6) is 11.5 Å². The predicted octanol–water partition coefficient (Wildman–Crippen LogP) is 2.01. The lowest BCUT2D eigenvalue weighted by Crippen LogP contribution is -2.44. The molecule has 148 valence electrons. The van der Waals surface area contributed by atoms with Gasteiger partial charge in [-0.3, -0.25) is 9.59 Å². The van der Waals surface area contributed by atoms with Crippen LogP contribution >= 0.6 is 0 Å². The van der Waals surface area contributed by atoms with E-state index in [1.54, 1.807) is 12.1 Å². The summed E-state index contributed by atoms with van der Waals surface area (Å²) in [4.78, 5) is 24.7. The second-order valence-electron chi connectivity index (χ2n) is 6.81. The maximum absolute atomic E-state index is 12.8. The number of sulfonamides is 1. The SMILES string of the molecule is CCCS(=O)(=O)N1CCC[C@H](C(=O)Nc2cc3c(cc2C(C)=O)OCO3)C1. The van der Waals surface area contributed by atoms with E-state index in [9.17, 15) is 18.0 Å². The van der Waals surface area contributed by atoms with Crippen LogP contribution in [0.4, 0.5) is 5.69 Å². The number of nitrogens with zero attached hydrogens (tertiary/aromatic N) is 1. The van der Waals surface area contributed by atoms with Crippen molar-refractivity contribution in [2.45, 2.75) is 33.1 Å². The highest BCUT2D eigenvalue weighted by atomic mass is 32.2. The van der Waals surface area contributed by atoms with Crippen molar-refractivity contribution in [1.82, 2.24) is 4.31 Å². The molecule has 1 amide bonds. The minimum Gasteiger partial charge on any atom is -0.454 e. The fraction of sp³-hybridized carbons (Fsp3) is 0.556. The summed E-state index contributed by atoms with van der Waals surface area (Å²) in [5, 5.41) is 2.78. The number of hydrogen-bond acceptors (Lipinski definition) is 6. The molecule has 2 aliphatic rings. The van der Waals surface area contributed by atoms with Crippen LogP contribution in [0.2, 0.25) is 0 Å². The number of hydrogen-bond donors (Lipinski definition) is 1. The number of nitrogens with one attached hydrogen (secondary N) is 1. The van der Waals surface area contributed by atoms with Gasteiger partial charge >= 0.3 is 0 Å². The molecule has 1 atom stereocenters. The van der Waals surface area contributed by atoms with E-state index >= 15 is 0 Å². The third-order valence-electron chi connectivity index (χ3n) is 4.76. The first-order valence-electron chi connectivity index (χ1n) is 9.05. The first-order valence-corrected chi connectivity index (χ1v) is 10.7. The molecule has 0 radical (unpaired) electrons. The summed E-state index contributed by atoms with van der Waals surface area (Å²) in [6.07, 6.45) is 1.76. The van der Waals surface area contributed by atoms with Crippen LogP contribution in [-0.2, 0) is 14.8 Å². The summed E-state index contributed by atoms with van der Waals surface area (Å²) in [6, 6.07) is 3.13. The molecule has 8 nitrogen and oxygen atoms in total. The van der Waals surface area contributed by atoms with Gasteiger partial charge in [0.25, 0.3) is 0 Å². The lowest BCUT2D eigenvalue weighted by Gasteiger charge is -2.31. The number of carbonyl (C=O) groups excluding carboxylic acids is 2. The molecule has 27 heavy (non-hydrogen) atoms. The van der Waals surface area contributed by atoms with Crippen molar-refractivity contribution in [3.05, 3.63) is 17.7 Å². The maximum Gasteiger partial charge on any atom is 0.231 e. The molecule has 2 aliphatic heterocycles. The van der Waals surface area contributed by atoms with Crippen molar-refractivity contribution >= 4 is 27.4 Å². The number of amides is 1. The van der Waals surface area contributed by atoms with Crippen LogP contribution in [0.15, 0.2) is 12.1 Å². The van der Waals surface area contributed by atoms with Crippen molar-refractivity contribution in [1.29, 1.82) is 0 Å². The van der Waals surface area contributed by atoms with Gasteiger partial charge in [0, 0.05) is 24.7 Å². The highest BCUT2D eigenvalue weighted by Crippen LogP contribution is 2.37. The standard InChI is InChI=1S/C18H24N2O6S/c1-3-7-27(23,24)20-6-4-5-13(10-20)18(22)19-15-9-17-16(25-11-26-17)8-14(15)12(2)21/h8-9,13H,3-7,10-11H2,1-2H3,(H,19,22)/t13-/m0/s1. The van der Waals surface area contributed by atoms with Gasteiger partial charge in [-0.1, -0.05) is 6.92 Å². The Kier molecular flexibility index (Phi) is 5.71. The third kappa shape index (κ3) is 4.24. The molecule has 1 aromatic carbocycles. The second-order valence-corrected chi connectivity index (χ2v) is 8.90. The average Bonchev–Trinajstić information content (AvgIpc) is 3.08. The largest absolute Gasteiger partial charge is 0.454 e. The zero-order valence-corrected chi connectivity index (χ0v) is 16.3. The number of ether oxygens (including phenoxy) is 2. The molecule has 0 aromatic heterocycles. The van der Waals surface area contributed by atoms with Gasteiger partial charge < -0.3 is 14.8 Å². The Bertz CT molecular complexity index is 852. The Morgan fingerprint density at radius 1 is 1.26 bits per heavy atom. The minimum absolute atomic E-state index is 0.0664. The number of piperidine rings is 1. The molecular weight excluding hydrogens is 372 g/mol. The first kappa shape index (κ1) is 19.6. The highest BCUT2D eigenvalue weighted by molar-refractivity contribution is 7.89. The van der Waals surface area contributed by atoms with E-state index in [0.717, 1.165) is 0 Å². The normalized spacial score (nSPS) is 19.7. The van der Waals surface area contributed by atoms with Crippen LogP contribution in [-0.4, -0.2) is 50.0 Å². The molecule has 0 unspecified atom stereocenters. The van der Waals surface area contributed by atoms with Crippen LogP contribution in [0.25, 0.3) is 0 Å². The van der Waals surface area contributed by atoms with E-state index in [-0.39, 0.29) is 30.8 Å². The van der Waals surface area contributed by atoms with Crippen LogP contribution in [0.3, 0.4) is 0 Å². The summed E-state index contributed by atoms with van der Waals surface area (Å²) in [5.74, 6) is 0.0411. The third-order valence-corrected chi connectivity index (χ3v) is 6.80. The highest BCUT2D eigenvalue weighted by Gasteiger charge is 2.32. The van der Waals surface area contributed by atoms with Gasteiger partial charge in [-0.15, -0.1) is 0 Å². The number of Topliss-reactive ketones (excluding diaryl/α,β-unsaturated/α-hetero) is 1. The van der Waals surface area contributed by atoms with E-state index in [2.05, 4.69) is 5.32 Å². The molecule has 0 saturated carbocycles. The molecule has 1 fully saturated rings. The smallest absolute Gasteiger partial charge is 0.231 e. The van der Waals surface area contributed by atoms with Crippen molar-refractivity contribution in [3.63, 3.8) is 0 Å². The molecule has 1 aromatic rings. The zero-order chi connectivity index (χ0) is 19.6. The lowest BCUT2D eigenvalue weighted by molar-refractivity contribution is -0.120.